The first-order chi connectivity index (χ1) is 15.3. The van der Waals surface area contributed by atoms with Crippen molar-refractivity contribution in [2.45, 2.75) is 25.6 Å². The molecule has 0 spiro atoms. The number of ether oxygens (including phenoxy) is 1. The van der Waals surface area contributed by atoms with Crippen LogP contribution >= 0.6 is 0 Å². The van der Waals surface area contributed by atoms with Gasteiger partial charge in [-0.3, -0.25) is 14.4 Å². The molecule has 1 aromatic carbocycles. The number of carbonyl (C=O) groups excluding carboxylic acids is 3. The Morgan fingerprint density at radius 3 is 2.36 bits per heavy atom. The van der Waals surface area contributed by atoms with Crippen LogP contribution in [0.3, 0.4) is 0 Å². The third-order valence-corrected chi connectivity index (χ3v) is 3.20. The van der Waals surface area contributed by atoms with Crippen LogP contribution in [0.5, 0.6) is 0 Å². The summed E-state index contributed by atoms with van der Waals surface area (Å²) in [6.45, 7) is 0.700. The van der Waals surface area contributed by atoms with Crippen molar-refractivity contribution in [2.75, 3.05) is 13.2 Å². The molecule has 1 rings (SSSR count). The van der Waals surface area contributed by atoms with Gasteiger partial charge in [0.2, 0.25) is 5.91 Å². The maximum atomic E-state index is 12.0. The van der Waals surface area contributed by atoms with Crippen LogP contribution in [-0.2, 0) is 19.1 Å². The van der Waals surface area contributed by atoms with Crippen molar-refractivity contribution >= 4 is 35.4 Å². The van der Waals surface area contributed by atoms with E-state index in [0.717, 1.165) is 0 Å². The summed E-state index contributed by atoms with van der Waals surface area (Å²) >= 11 is 0. The van der Waals surface area contributed by atoms with Crippen molar-refractivity contribution in [3.05, 3.63) is 29.8 Å². The summed E-state index contributed by atoms with van der Waals surface area (Å²) in [4.78, 5) is 47.7. The highest BCUT2D eigenvalue weighted by atomic mass is 19.4. The molecular formula is C19H22F3N5O6. The highest BCUT2D eigenvalue weighted by Crippen LogP contribution is 2.16. The summed E-state index contributed by atoms with van der Waals surface area (Å²) in [6, 6.07) is 5.21. The number of carboxylic acid groups (broad SMARTS) is 1. The van der Waals surface area contributed by atoms with Crippen LogP contribution in [-0.4, -0.2) is 60.2 Å². The Labute approximate surface area is 186 Å². The monoisotopic (exact) mass is 473 g/mol. The molecule has 33 heavy (non-hydrogen) atoms. The molecular weight excluding hydrogens is 451 g/mol. The number of carbonyl (C=O) groups is 4. The molecule has 0 aliphatic heterocycles. The summed E-state index contributed by atoms with van der Waals surface area (Å²) in [6.07, 6.45) is -0.133. The number of amides is 2. The number of nitrogens with zero attached hydrogens (tertiary/aromatic N) is 1. The molecule has 0 aromatic heterocycles. The van der Waals surface area contributed by atoms with Gasteiger partial charge in [0.1, 0.15) is 6.04 Å². The Bertz CT molecular complexity index is 923. The van der Waals surface area contributed by atoms with Crippen LogP contribution in [0.2, 0.25) is 0 Å². The normalized spacial score (nSPS) is 10.9. The SMILES string of the molecule is C#CC(CC(=O)O)NC(=O)CNC(=O)c1cccc(N=C(N)N)c1.CCOC(=O)C(F)(F)F. The number of alkyl halides is 3. The topological polar surface area (TPSA) is 186 Å². The van der Waals surface area contributed by atoms with Gasteiger partial charge < -0.3 is 31.9 Å². The van der Waals surface area contributed by atoms with Gasteiger partial charge in [-0.25, -0.2) is 9.79 Å². The van der Waals surface area contributed by atoms with Gasteiger partial charge in [0, 0.05) is 5.56 Å². The highest BCUT2D eigenvalue weighted by Gasteiger charge is 2.40. The zero-order valence-electron chi connectivity index (χ0n) is 17.3. The van der Waals surface area contributed by atoms with Crippen molar-refractivity contribution < 1.29 is 42.2 Å². The molecule has 0 bridgehead atoms. The molecule has 0 saturated carbocycles. The lowest BCUT2D eigenvalue weighted by Gasteiger charge is -2.11. The molecule has 14 heteroatoms. The largest absolute Gasteiger partial charge is 0.490 e. The Morgan fingerprint density at radius 1 is 1.27 bits per heavy atom. The first-order valence-corrected chi connectivity index (χ1v) is 8.99. The van der Waals surface area contributed by atoms with E-state index in [2.05, 4.69) is 26.3 Å². The number of guanidine groups is 1. The van der Waals surface area contributed by atoms with E-state index in [-0.39, 0.29) is 24.7 Å². The molecule has 0 aliphatic carbocycles. The number of aliphatic imine (C=N–C) groups is 1. The smallest absolute Gasteiger partial charge is 0.481 e. The van der Waals surface area contributed by atoms with Crippen molar-refractivity contribution in [3.63, 3.8) is 0 Å². The molecule has 0 aliphatic rings. The third kappa shape index (κ3) is 12.9. The second-order valence-corrected chi connectivity index (χ2v) is 5.87. The molecule has 7 N–H and O–H groups in total. The number of benzene rings is 1. The van der Waals surface area contributed by atoms with Crippen LogP contribution in [0.4, 0.5) is 18.9 Å². The molecule has 0 fully saturated rings. The first kappa shape index (κ1) is 28.7. The number of aliphatic carboxylic acids is 1. The minimum Gasteiger partial charge on any atom is -0.481 e. The molecule has 0 radical (unpaired) electrons. The Hall–Kier alpha value is -4.28. The van der Waals surface area contributed by atoms with Crippen molar-refractivity contribution in [1.82, 2.24) is 10.6 Å². The van der Waals surface area contributed by atoms with Gasteiger partial charge >= 0.3 is 18.1 Å². The van der Waals surface area contributed by atoms with E-state index in [1.165, 1.54) is 19.1 Å². The predicted octanol–water partition coefficient (Wildman–Crippen LogP) is 0.0258. The zero-order chi connectivity index (χ0) is 25.6. The second kappa shape index (κ2) is 13.9. The zero-order valence-corrected chi connectivity index (χ0v) is 17.3. The van der Waals surface area contributed by atoms with E-state index in [1.54, 1.807) is 12.1 Å². The number of hydrogen-bond donors (Lipinski definition) is 5. The second-order valence-electron chi connectivity index (χ2n) is 5.87. The molecule has 1 unspecified atom stereocenters. The van der Waals surface area contributed by atoms with Crippen LogP contribution < -0.4 is 22.1 Å². The summed E-state index contributed by atoms with van der Waals surface area (Å²) in [5.74, 6) is -2.40. The maximum Gasteiger partial charge on any atom is 0.490 e. The number of rotatable bonds is 8. The van der Waals surface area contributed by atoms with E-state index in [4.69, 9.17) is 23.0 Å². The average Bonchev–Trinajstić information content (AvgIpc) is 2.71. The minimum absolute atomic E-state index is 0.148. The number of esters is 1. The minimum atomic E-state index is -4.85. The Morgan fingerprint density at radius 2 is 1.91 bits per heavy atom. The lowest BCUT2D eigenvalue weighted by Crippen LogP contribution is -2.42. The van der Waals surface area contributed by atoms with E-state index < -0.39 is 42.4 Å². The Kier molecular flexibility index (Phi) is 12.1. The van der Waals surface area contributed by atoms with E-state index >= 15 is 0 Å². The van der Waals surface area contributed by atoms with Crippen LogP contribution in [0.25, 0.3) is 0 Å². The third-order valence-electron chi connectivity index (χ3n) is 3.20. The van der Waals surface area contributed by atoms with Crippen molar-refractivity contribution in [1.29, 1.82) is 0 Å². The molecule has 11 nitrogen and oxygen atoms in total. The lowest BCUT2D eigenvalue weighted by molar-refractivity contribution is -0.199. The molecule has 1 atom stereocenters. The van der Waals surface area contributed by atoms with Crippen molar-refractivity contribution in [3.8, 4) is 12.3 Å². The van der Waals surface area contributed by atoms with Crippen LogP contribution in [0.1, 0.15) is 23.7 Å². The summed E-state index contributed by atoms with van der Waals surface area (Å²) < 4.78 is 37.1. The number of terminal acetylenes is 1. The molecule has 0 heterocycles. The fourth-order valence-corrected chi connectivity index (χ4v) is 1.91. The van der Waals surface area contributed by atoms with Gasteiger partial charge in [-0.05, 0) is 25.1 Å². The highest BCUT2D eigenvalue weighted by molar-refractivity contribution is 5.97. The molecule has 0 saturated heterocycles. The standard InChI is InChI=1S/C15H17N5O4.C4H5F3O2/c1-2-10(7-13(22)23)19-12(21)8-18-14(24)9-4-3-5-11(6-9)20-15(16)17;1-2-9-3(8)4(5,6)7/h1,3-6,10H,7-8H2,(H,18,24)(H,19,21)(H,22,23)(H4,16,17,20);2H2,1H3. The fourth-order valence-electron chi connectivity index (χ4n) is 1.91. The fraction of sp³-hybridized carbons (Fsp3) is 0.316. The van der Waals surface area contributed by atoms with Gasteiger partial charge in [-0.15, -0.1) is 6.42 Å². The van der Waals surface area contributed by atoms with Crippen LogP contribution in [0.15, 0.2) is 29.3 Å². The average molecular weight is 473 g/mol. The number of nitrogens with two attached hydrogens (primary N) is 2. The van der Waals surface area contributed by atoms with Crippen LogP contribution in [0, 0.1) is 12.3 Å². The number of nitrogens with one attached hydrogen (secondary N) is 2. The maximum absolute atomic E-state index is 12.0. The molecule has 2 amide bonds. The van der Waals surface area contributed by atoms with Gasteiger partial charge in [-0.1, -0.05) is 12.0 Å². The van der Waals surface area contributed by atoms with E-state index in [0.29, 0.717) is 5.69 Å². The number of carboxylic acids is 1. The van der Waals surface area contributed by atoms with Gasteiger partial charge in [-0.2, -0.15) is 13.2 Å². The first-order valence-electron chi connectivity index (χ1n) is 8.99. The van der Waals surface area contributed by atoms with Gasteiger partial charge in [0.15, 0.2) is 5.96 Å². The Balaban J connectivity index is 0.000000960. The van der Waals surface area contributed by atoms with Gasteiger partial charge in [0.25, 0.3) is 5.91 Å². The lowest BCUT2D eigenvalue weighted by atomic mass is 10.2. The quantitative estimate of drug-likeness (QED) is 0.151. The summed E-state index contributed by atoms with van der Waals surface area (Å²) in [7, 11) is 0. The molecule has 180 valence electrons. The number of hydrogen-bond acceptors (Lipinski definition) is 6. The predicted molar refractivity (Wildman–Crippen MR) is 110 cm³/mol. The van der Waals surface area contributed by atoms with E-state index in [9.17, 15) is 32.3 Å². The summed E-state index contributed by atoms with van der Waals surface area (Å²) in [5.41, 5.74) is 11.2. The van der Waals surface area contributed by atoms with Crippen molar-refractivity contribution in [2.24, 2.45) is 16.5 Å². The summed E-state index contributed by atoms with van der Waals surface area (Å²) in [5, 5.41) is 13.3. The van der Waals surface area contributed by atoms with Gasteiger partial charge in [0.05, 0.1) is 25.3 Å². The number of halogens is 3. The van der Waals surface area contributed by atoms with E-state index in [1.807, 2.05) is 0 Å². The molecule has 1 aromatic rings.